The molecular weight excluding hydrogens is 378 g/mol. The number of hydrogen-bond donors (Lipinski definition) is 4. The van der Waals surface area contributed by atoms with Crippen LogP contribution in [0.2, 0.25) is 0 Å². The van der Waals surface area contributed by atoms with Crippen LogP contribution in [0, 0.1) is 17.8 Å². The molecule has 2 aliphatic heterocycles. The van der Waals surface area contributed by atoms with Crippen LogP contribution in [-0.4, -0.2) is 22.0 Å². The smallest absolute Gasteiger partial charge is 0.259 e. The van der Waals surface area contributed by atoms with Gasteiger partial charge in [-0.1, -0.05) is 6.07 Å². The van der Waals surface area contributed by atoms with Crippen molar-refractivity contribution in [1.29, 1.82) is 0 Å². The Morgan fingerprint density at radius 3 is 2.67 bits per heavy atom. The summed E-state index contributed by atoms with van der Waals surface area (Å²) in [6, 6.07) is 10.3. The van der Waals surface area contributed by atoms with Crippen molar-refractivity contribution in [2.24, 2.45) is 17.8 Å². The molecule has 2 amide bonds. The summed E-state index contributed by atoms with van der Waals surface area (Å²) >= 11 is 0. The van der Waals surface area contributed by atoms with E-state index in [1.807, 2.05) is 18.2 Å². The Hall–Kier alpha value is -3.35. The number of nitrogens with two attached hydrogens (primary N) is 1. The second kappa shape index (κ2) is 5.41. The summed E-state index contributed by atoms with van der Waals surface area (Å²) in [5, 5.41) is 14.2. The highest BCUT2D eigenvalue weighted by Gasteiger charge is 2.54. The van der Waals surface area contributed by atoms with E-state index < -0.39 is 0 Å². The number of H-pyrrole nitrogens is 1. The molecule has 7 nitrogen and oxygen atoms in total. The summed E-state index contributed by atoms with van der Waals surface area (Å²) in [6.07, 6.45) is 3.75. The number of nitrogens with zero attached hydrogens (tertiary/aromatic N) is 1. The molecule has 2 fully saturated rings. The maximum absolute atomic E-state index is 12.3. The molecule has 0 radical (unpaired) electrons. The largest absolute Gasteiger partial charge is 0.382 e. The van der Waals surface area contributed by atoms with Gasteiger partial charge in [0.05, 0.1) is 22.7 Å². The molecule has 5 N–H and O–H groups in total. The topological polar surface area (TPSA) is 113 Å². The Balaban J connectivity index is 1.41. The highest BCUT2D eigenvalue weighted by atomic mass is 16.2. The van der Waals surface area contributed by atoms with Crippen LogP contribution in [0.5, 0.6) is 0 Å². The summed E-state index contributed by atoms with van der Waals surface area (Å²) in [4.78, 5) is 24.5. The van der Waals surface area contributed by atoms with Gasteiger partial charge >= 0.3 is 0 Å². The van der Waals surface area contributed by atoms with E-state index in [4.69, 9.17) is 5.73 Å². The molecule has 1 unspecified atom stereocenters. The van der Waals surface area contributed by atoms with E-state index in [1.54, 1.807) is 0 Å². The molecule has 2 aromatic carbocycles. The maximum Gasteiger partial charge on any atom is 0.259 e. The van der Waals surface area contributed by atoms with Crippen molar-refractivity contribution in [3.63, 3.8) is 0 Å². The van der Waals surface area contributed by atoms with Crippen LogP contribution >= 0.6 is 0 Å². The van der Waals surface area contributed by atoms with Gasteiger partial charge in [-0.2, -0.15) is 5.10 Å². The lowest BCUT2D eigenvalue weighted by Gasteiger charge is -2.43. The SMILES string of the molecule is Nc1n[nH]c2ccc([C@@H]3Nc4cc5c(cc4[C@H]4[C@@H]6CCC(C6)[C@H]43)C(=O)NC5=O)cc12. The van der Waals surface area contributed by atoms with Gasteiger partial charge in [0.15, 0.2) is 5.82 Å². The van der Waals surface area contributed by atoms with Crippen LogP contribution in [0.1, 0.15) is 63.1 Å². The van der Waals surface area contributed by atoms with Gasteiger partial charge in [0.2, 0.25) is 0 Å². The Labute approximate surface area is 172 Å². The molecule has 2 aliphatic carbocycles. The number of fused-ring (bicyclic) bond motifs is 9. The highest BCUT2D eigenvalue weighted by molar-refractivity contribution is 6.22. The Morgan fingerprint density at radius 2 is 1.80 bits per heavy atom. The first-order chi connectivity index (χ1) is 14.6. The molecule has 7 rings (SSSR count). The van der Waals surface area contributed by atoms with E-state index in [0.717, 1.165) is 16.6 Å². The third-order valence-electron chi connectivity index (χ3n) is 7.92. The lowest BCUT2D eigenvalue weighted by molar-refractivity contribution is 0.0879. The first-order valence-electron chi connectivity index (χ1n) is 10.6. The fraction of sp³-hybridized carbons (Fsp3) is 0.348. The fourth-order valence-corrected chi connectivity index (χ4v) is 6.72. The molecule has 4 aliphatic rings. The van der Waals surface area contributed by atoms with Crippen LogP contribution in [-0.2, 0) is 0 Å². The molecule has 7 heteroatoms. The Kier molecular flexibility index (Phi) is 2.97. The number of amides is 2. The standard InChI is InChI=1S/C23H21N5O2/c24-21-15-6-11(3-4-16(15)27-28-21)20-19-10-2-1-9(5-10)18(19)14-7-12-13(8-17(14)25-20)23(30)26-22(12)29/h3-4,6-10,18-20,25H,1-2,5H2,(H3,24,27,28)(H,26,29,30)/t9-,10?,18-,19-,20+/m1/s1. The van der Waals surface area contributed by atoms with Crippen LogP contribution < -0.4 is 16.4 Å². The predicted octanol–water partition coefficient (Wildman–Crippen LogP) is 3.33. The highest BCUT2D eigenvalue weighted by Crippen LogP contribution is 2.64. The minimum Gasteiger partial charge on any atom is -0.382 e. The molecule has 3 heterocycles. The summed E-state index contributed by atoms with van der Waals surface area (Å²) < 4.78 is 0. The number of carbonyl (C=O) groups excluding carboxylic acids is 2. The fourth-order valence-electron chi connectivity index (χ4n) is 6.72. The number of hydrogen-bond acceptors (Lipinski definition) is 5. The first-order valence-corrected chi connectivity index (χ1v) is 10.6. The zero-order valence-corrected chi connectivity index (χ0v) is 16.2. The lowest BCUT2D eigenvalue weighted by atomic mass is 9.67. The van der Waals surface area contributed by atoms with Crippen molar-refractivity contribution in [2.45, 2.75) is 31.2 Å². The number of rotatable bonds is 1. The molecule has 5 atom stereocenters. The van der Waals surface area contributed by atoms with E-state index in [9.17, 15) is 9.59 Å². The molecule has 1 aromatic heterocycles. The van der Waals surface area contributed by atoms with Crippen molar-refractivity contribution >= 4 is 34.2 Å². The minimum absolute atomic E-state index is 0.148. The van der Waals surface area contributed by atoms with Gasteiger partial charge in [-0.15, -0.1) is 0 Å². The van der Waals surface area contributed by atoms with Crippen molar-refractivity contribution in [3.8, 4) is 0 Å². The molecule has 0 spiro atoms. The number of nitrogen functional groups attached to an aromatic ring is 1. The van der Waals surface area contributed by atoms with E-state index in [0.29, 0.717) is 40.6 Å². The van der Waals surface area contributed by atoms with Crippen molar-refractivity contribution < 1.29 is 9.59 Å². The molecule has 150 valence electrons. The average molecular weight is 399 g/mol. The number of aromatic nitrogens is 2. The monoisotopic (exact) mass is 399 g/mol. The number of imide groups is 1. The third kappa shape index (κ3) is 1.97. The lowest BCUT2D eigenvalue weighted by Crippen LogP contribution is -2.35. The van der Waals surface area contributed by atoms with Gasteiger partial charge in [0, 0.05) is 11.1 Å². The molecular formula is C23H21N5O2. The second-order valence-electron chi connectivity index (χ2n) is 9.24. The minimum atomic E-state index is -0.307. The Bertz CT molecular complexity index is 1280. The number of benzene rings is 2. The van der Waals surface area contributed by atoms with Crippen LogP contribution in [0.3, 0.4) is 0 Å². The summed E-state index contributed by atoms with van der Waals surface area (Å²) in [5.41, 5.74) is 11.4. The second-order valence-corrected chi connectivity index (χ2v) is 9.24. The van der Waals surface area contributed by atoms with Gasteiger partial charge in [0.25, 0.3) is 11.8 Å². The quantitative estimate of drug-likeness (QED) is 0.469. The zero-order valence-electron chi connectivity index (χ0n) is 16.2. The third-order valence-corrected chi connectivity index (χ3v) is 7.92. The van der Waals surface area contributed by atoms with Gasteiger partial charge in [-0.05, 0) is 78.3 Å². The number of carbonyl (C=O) groups is 2. The predicted molar refractivity (Wildman–Crippen MR) is 112 cm³/mol. The number of nitrogens with one attached hydrogen (secondary N) is 3. The average Bonchev–Trinajstić information content (AvgIpc) is 3.51. The maximum atomic E-state index is 12.3. The van der Waals surface area contributed by atoms with E-state index in [2.05, 4.69) is 33.0 Å². The number of aromatic amines is 1. The van der Waals surface area contributed by atoms with E-state index in [-0.39, 0.29) is 17.9 Å². The van der Waals surface area contributed by atoms with Gasteiger partial charge in [-0.3, -0.25) is 20.0 Å². The number of anilines is 2. The summed E-state index contributed by atoms with van der Waals surface area (Å²) in [7, 11) is 0. The van der Waals surface area contributed by atoms with Gasteiger partial charge in [-0.25, -0.2) is 0 Å². The zero-order chi connectivity index (χ0) is 20.1. The van der Waals surface area contributed by atoms with Gasteiger partial charge < -0.3 is 11.1 Å². The van der Waals surface area contributed by atoms with Crippen molar-refractivity contribution in [3.05, 3.63) is 52.6 Å². The molecule has 2 bridgehead atoms. The summed E-state index contributed by atoms with van der Waals surface area (Å²) in [5.74, 6) is 2.13. The summed E-state index contributed by atoms with van der Waals surface area (Å²) in [6.45, 7) is 0. The Morgan fingerprint density at radius 1 is 1.00 bits per heavy atom. The van der Waals surface area contributed by atoms with E-state index >= 15 is 0 Å². The van der Waals surface area contributed by atoms with Crippen LogP contribution in [0.15, 0.2) is 30.3 Å². The van der Waals surface area contributed by atoms with Crippen molar-refractivity contribution in [1.82, 2.24) is 15.5 Å². The van der Waals surface area contributed by atoms with E-state index in [1.165, 1.54) is 30.4 Å². The first kappa shape index (κ1) is 16.4. The molecule has 2 saturated carbocycles. The molecule has 3 aromatic rings. The van der Waals surface area contributed by atoms with Gasteiger partial charge in [0.1, 0.15) is 0 Å². The van der Waals surface area contributed by atoms with Crippen LogP contribution in [0.4, 0.5) is 11.5 Å². The molecule has 0 saturated heterocycles. The van der Waals surface area contributed by atoms with Crippen LogP contribution in [0.25, 0.3) is 10.9 Å². The van der Waals surface area contributed by atoms with Crippen molar-refractivity contribution in [2.75, 3.05) is 11.1 Å². The molecule has 30 heavy (non-hydrogen) atoms. The normalized spacial score (nSPS) is 30.7.